The molecular formula is C65H40N6. The van der Waals surface area contributed by atoms with Crippen LogP contribution in [-0.4, -0.2) is 18.3 Å². The molecule has 0 radical (unpaired) electrons. The van der Waals surface area contributed by atoms with Crippen molar-refractivity contribution in [3.8, 4) is 46.0 Å². The molecular weight excluding hydrogens is 865 g/mol. The summed E-state index contributed by atoms with van der Waals surface area (Å²) in [7, 11) is 0. The fourth-order valence-corrected chi connectivity index (χ4v) is 12.7. The van der Waals surface area contributed by atoms with E-state index in [-0.39, 0.29) is 5.41 Å². The third kappa shape index (κ3) is 4.98. The number of hydrogen-bond acceptors (Lipinski definition) is 2. The Kier molecular flexibility index (Phi) is 7.88. The summed E-state index contributed by atoms with van der Waals surface area (Å²) in [5.41, 5.74) is 15.6. The van der Waals surface area contributed by atoms with E-state index in [1.165, 1.54) is 16.7 Å². The normalized spacial score (nSPS) is 13.0. The Hall–Kier alpha value is -9.62. The molecule has 0 atom stereocenters. The molecule has 4 heterocycles. The van der Waals surface area contributed by atoms with Crippen LogP contribution in [-0.2, 0) is 5.41 Å². The molecule has 0 aliphatic heterocycles. The molecule has 4 aromatic heterocycles. The minimum atomic E-state index is -0.304. The number of aromatic nitrogens is 4. The Labute approximate surface area is 407 Å². The van der Waals surface area contributed by atoms with Crippen molar-refractivity contribution in [2.75, 3.05) is 0 Å². The molecule has 0 N–H and O–H groups in total. The van der Waals surface area contributed by atoms with E-state index in [4.69, 9.17) is 0 Å². The highest BCUT2D eigenvalue weighted by Crippen LogP contribution is 2.55. The third-order valence-electron chi connectivity index (χ3n) is 15.6. The van der Waals surface area contributed by atoms with Gasteiger partial charge in [0.05, 0.1) is 66.9 Å². The van der Waals surface area contributed by atoms with Crippen LogP contribution < -0.4 is 0 Å². The van der Waals surface area contributed by atoms with E-state index in [9.17, 15) is 10.5 Å². The predicted octanol–water partition coefficient (Wildman–Crippen LogP) is 16.1. The summed E-state index contributed by atoms with van der Waals surface area (Å²) in [6.07, 6.45) is 0. The highest BCUT2D eigenvalue weighted by Gasteiger charge is 2.40. The van der Waals surface area contributed by atoms with Crippen LogP contribution in [0.15, 0.2) is 206 Å². The van der Waals surface area contributed by atoms with E-state index in [1.54, 1.807) is 0 Å². The standard InChI is InChI=1S/C65H40N6/c1-65(2)50-27-11-3-26-47(50)59-51(65)36-35-46-45-25-10-18-34-58(45)71(61(46)59)63-49(38-67)60(68-52-28-12-4-19-39(52)40-20-5-13-29-53(40)68)48(37-66)62(69-54-30-14-6-21-41(54)42-22-7-15-31-55(42)69)64(63)70-56-32-16-8-23-43(56)44-24-9-17-33-57(44)70/h3-36H,1-2H3. The van der Waals surface area contributed by atoms with Crippen LogP contribution in [0.3, 0.4) is 0 Å². The first-order chi connectivity index (χ1) is 35.0. The number of nitrogens with zero attached hydrogens (tertiary/aromatic N) is 6. The smallest absolute Gasteiger partial charge is 0.104 e. The molecule has 0 bridgehead atoms. The van der Waals surface area contributed by atoms with Gasteiger partial charge in [-0.05, 0) is 59.2 Å². The minimum absolute atomic E-state index is 0.304. The molecule has 71 heavy (non-hydrogen) atoms. The highest BCUT2D eigenvalue weighted by molar-refractivity contribution is 6.18. The molecule has 10 aromatic carbocycles. The lowest BCUT2D eigenvalue weighted by Crippen LogP contribution is -2.17. The van der Waals surface area contributed by atoms with Gasteiger partial charge in [0, 0.05) is 54.1 Å². The maximum atomic E-state index is 12.6. The Morgan fingerprint density at radius 2 is 0.634 bits per heavy atom. The zero-order valence-corrected chi connectivity index (χ0v) is 38.8. The molecule has 0 fully saturated rings. The van der Waals surface area contributed by atoms with Crippen LogP contribution in [0.5, 0.6) is 0 Å². The van der Waals surface area contributed by atoms with Crippen molar-refractivity contribution in [2.45, 2.75) is 19.3 Å². The lowest BCUT2D eigenvalue weighted by molar-refractivity contribution is 0.661. The lowest BCUT2D eigenvalue weighted by atomic mass is 9.82. The van der Waals surface area contributed by atoms with E-state index >= 15 is 0 Å². The van der Waals surface area contributed by atoms with Crippen molar-refractivity contribution < 1.29 is 0 Å². The summed E-state index contributed by atoms with van der Waals surface area (Å²) >= 11 is 0. The zero-order valence-electron chi connectivity index (χ0n) is 38.8. The van der Waals surface area contributed by atoms with Crippen LogP contribution in [0.25, 0.3) is 121 Å². The molecule has 330 valence electrons. The van der Waals surface area contributed by atoms with Gasteiger partial charge >= 0.3 is 0 Å². The molecule has 0 amide bonds. The summed E-state index contributed by atoms with van der Waals surface area (Å²) in [6.45, 7) is 4.65. The number of fused-ring (bicyclic) bond motifs is 16. The fraction of sp³-hybridized carbons (Fsp3) is 0.0462. The quantitative estimate of drug-likeness (QED) is 0.177. The average molecular weight is 905 g/mol. The zero-order chi connectivity index (χ0) is 47.3. The van der Waals surface area contributed by atoms with Crippen LogP contribution in [0.2, 0.25) is 0 Å². The van der Waals surface area contributed by atoms with Gasteiger partial charge in [0.25, 0.3) is 0 Å². The topological polar surface area (TPSA) is 67.3 Å². The molecule has 0 saturated carbocycles. The van der Waals surface area contributed by atoms with Crippen LogP contribution in [0, 0.1) is 22.7 Å². The highest BCUT2D eigenvalue weighted by atomic mass is 15.1. The molecule has 1 aliphatic carbocycles. The third-order valence-corrected chi connectivity index (χ3v) is 15.6. The van der Waals surface area contributed by atoms with Gasteiger partial charge < -0.3 is 18.3 Å². The molecule has 1 aliphatic rings. The van der Waals surface area contributed by atoms with Gasteiger partial charge in [-0.3, -0.25) is 0 Å². The van der Waals surface area contributed by atoms with Crippen molar-refractivity contribution in [1.29, 1.82) is 10.5 Å². The van der Waals surface area contributed by atoms with Gasteiger partial charge in [0.15, 0.2) is 0 Å². The van der Waals surface area contributed by atoms with Crippen molar-refractivity contribution in [3.05, 3.63) is 229 Å². The van der Waals surface area contributed by atoms with E-state index in [1.807, 2.05) is 12.1 Å². The SMILES string of the molecule is CC1(C)c2ccccc2-c2c1ccc1c3ccccc3n(-c3c(C#N)c(-n4c5ccccc5c5ccccc54)c(C#N)c(-n4c5ccccc5c5ccccc54)c3-n3c4ccccc4c4ccccc43)c21. The Morgan fingerprint density at radius 3 is 1.06 bits per heavy atom. The van der Waals surface area contributed by atoms with Gasteiger partial charge in [0.1, 0.15) is 23.3 Å². The molecule has 6 nitrogen and oxygen atoms in total. The van der Waals surface area contributed by atoms with E-state index < -0.39 is 0 Å². The summed E-state index contributed by atoms with van der Waals surface area (Å²) in [5, 5.41) is 33.5. The number of para-hydroxylation sites is 7. The number of nitriles is 2. The van der Waals surface area contributed by atoms with E-state index in [2.05, 4.69) is 238 Å². The minimum Gasteiger partial charge on any atom is -0.306 e. The van der Waals surface area contributed by atoms with Crippen molar-refractivity contribution in [3.63, 3.8) is 0 Å². The second-order valence-electron chi connectivity index (χ2n) is 19.4. The summed E-state index contributed by atoms with van der Waals surface area (Å²) in [6, 6.07) is 78.7. The monoisotopic (exact) mass is 904 g/mol. The molecule has 0 spiro atoms. The molecule has 0 saturated heterocycles. The first kappa shape index (κ1) is 39.4. The first-order valence-corrected chi connectivity index (χ1v) is 24.2. The second kappa shape index (κ2) is 14.2. The van der Waals surface area contributed by atoms with Crippen molar-refractivity contribution in [1.82, 2.24) is 18.3 Å². The summed E-state index contributed by atoms with van der Waals surface area (Å²) < 4.78 is 9.24. The predicted molar refractivity (Wildman–Crippen MR) is 291 cm³/mol. The molecule has 14 aromatic rings. The number of rotatable bonds is 4. The van der Waals surface area contributed by atoms with Crippen molar-refractivity contribution >= 4 is 87.2 Å². The van der Waals surface area contributed by atoms with E-state index in [0.29, 0.717) is 28.2 Å². The van der Waals surface area contributed by atoms with E-state index in [0.717, 1.165) is 98.5 Å². The van der Waals surface area contributed by atoms with Crippen LogP contribution in [0.1, 0.15) is 36.1 Å². The van der Waals surface area contributed by atoms with Crippen LogP contribution in [0.4, 0.5) is 0 Å². The summed E-state index contributed by atoms with van der Waals surface area (Å²) in [4.78, 5) is 0. The number of hydrogen-bond donors (Lipinski definition) is 0. The van der Waals surface area contributed by atoms with Gasteiger partial charge in [-0.25, -0.2) is 0 Å². The second-order valence-corrected chi connectivity index (χ2v) is 19.4. The van der Waals surface area contributed by atoms with Crippen LogP contribution >= 0.6 is 0 Å². The first-order valence-electron chi connectivity index (χ1n) is 24.2. The average Bonchev–Trinajstić information content (AvgIpc) is 4.19. The Bertz CT molecular complexity index is 4600. The molecule has 0 unspecified atom stereocenters. The van der Waals surface area contributed by atoms with Crippen molar-refractivity contribution in [2.24, 2.45) is 0 Å². The van der Waals surface area contributed by atoms with Gasteiger partial charge in [0.2, 0.25) is 0 Å². The fourth-order valence-electron chi connectivity index (χ4n) is 12.7. The Morgan fingerprint density at radius 1 is 0.310 bits per heavy atom. The molecule has 15 rings (SSSR count). The number of benzene rings is 10. The largest absolute Gasteiger partial charge is 0.306 e. The summed E-state index contributed by atoms with van der Waals surface area (Å²) in [5.74, 6) is 0. The maximum absolute atomic E-state index is 12.6. The van der Waals surface area contributed by atoms with Gasteiger partial charge in [-0.15, -0.1) is 0 Å². The molecule has 6 heteroatoms. The van der Waals surface area contributed by atoms with Gasteiger partial charge in [-0.1, -0.05) is 178 Å². The lowest BCUT2D eigenvalue weighted by Gasteiger charge is -2.27. The maximum Gasteiger partial charge on any atom is 0.104 e. The Balaban J connectivity index is 1.30. The van der Waals surface area contributed by atoms with Gasteiger partial charge in [-0.2, -0.15) is 10.5 Å².